The number of rotatable bonds is 8. The number of hydrogen-bond donors (Lipinski definition) is 1. The second kappa shape index (κ2) is 7.86. The molecule has 0 bridgehead atoms. The molecule has 0 aromatic heterocycles. The van der Waals surface area contributed by atoms with Crippen LogP contribution < -0.4 is 19.5 Å². The van der Waals surface area contributed by atoms with Crippen molar-refractivity contribution in [1.29, 1.82) is 0 Å². The van der Waals surface area contributed by atoms with Crippen LogP contribution in [0.15, 0.2) is 12.1 Å². The monoisotopic (exact) mass is 269 g/mol. The first-order chi connectivity index (χ1) is 9.15. The van der Waals surface area contributed by atoms with Gasteiger partial charge in [-0.15, -0.1) is 0 Å². The predicted molar refractivity (Wildman–Crippen MR) is 74.3 cm³/mol. The third-order valence-electron chi connectivity index (χ3n) is 2.86. The predicted octanol–water partition coefficient (Wildman–Crippen LogP) is 1.84. The zero-order valence-corrected chi connectivity index (χ0v) is 12.3. The second-order valence-corrected chi connectivity index (χ2v) is 4.25. The molecule has 5 heteroatoms. The van der Waals surface area contributed by atoms with Crippen molar-refractivity contribution in [3.8, 4) is 17.2 Å². The van der Waals surface area contributed by atoms with Gasteiger partial charge in [-0.1, -0.05) is 0 Å². The molecule has 5 nitrogen and oxygen atoms in total. The SMILES string of the molecule is COCC(C)NCc1c(OC)cc(OC)cc1OC. The average molecular weight is 269 g/mol. The highest BCUT2D eigenvalue weighted by Gasteiger charge is 2.13. The normalized spacial score (nSPS) is 12.1. The summed E-state index contributed by atoms with van der Waals surface area (Å²) in [4.78, 5) is 0. The van der Waals surface area contributed by atoms with Crippen molar-refractivity contribution in [2.75, 3.05) is 35.0 Å². The summed E-state index contributed by atoms with van der Waals surface area (Å²) in [6.07, 6.45) is 0. The van der Waals surface area contributed by atoms with E-state index >= 15 is 0 Å². The number of ether oxygens (including phenoxy) is 4. The molecule has 0 aliphatic rings. The molecular formula is C14H23NO4. The fourth-order valence-electron chi connectivity index (χ4n) is 1.84. The molecule has 0 radical (unpaired) electrons. The van der Waals surface area contributed by atoms with E-state index < -0.39 is 0 Å². The summed E-state index contributed by atoms with van der Waals surface area (Å²) in [7, 11) is 6.58. The minimum absolute atomic E-state index is 0.251. The number of nitrogens with one attached hydrogen (secondary N) is 1. The molecule has 1 N–H and O–H groups in total. The van der Waals surface area contributed by atoms with Gasteiger partial charge in [0.1, 0.15) is 17.2 Å². The van der Waals surface area contributed by atoms with Gasteiger partial charge in [-0.25, -0.2) is 0 Å². The number of benzene rings is 1. The lowest BCUT2D eigenvalue weighted by molar-refractivity contribution is 0.171. The number of hydrogen-bond acceptors (Lipinski definition) is 5. The summed E-state index contributed by atoms with van der Waals surface area (Å²) in [6.45, 7) is 3.35. The Kier molecular flexibility index (Phi) is 6.45. The Hall–Kier alpha value is -1.46. The van der Waals surface area contributed by atoms with E-state index in [0.29, 0.717) is 18.9 Å². The fraction of sp³-hybridized carbons (Fsp3) is 0.571. The van der Waals surface area contributed by atoms with E-state index in [9.17, 15) is 0 Å². The van der Waals surface area contributed by atoms with E-state index in [4.69, 9.17) is 18.9 Å². The fourth-order valence-corrected chi connectivity index (χ4v) is 1.84. The van der Waals surface area contributed by atoms with Gasteiger partial charge in [-0.3, -0.25) is 0 Å². The highest BCUT2D eigenvalue weighted by atomic mass is 16.5. The van der Waals surface area contributed by atoms with Crippen LogP contribution in [0.3, 0.4) is 0 Å². The molecule has 108 valence electrons. The van der Waals surface area contributed by atoms with Gasteiger partial charge in [0.25, 0.3) is 0 Å². The van der Waals surface area contributed by atoms with Crippen molar-refractivity contribution < 1.29 is 18.9 Å². The second-order valence-electron chi connectivity index (χ2n) is 4.25. The molecule has 1 rings (SSSR count). The Labute approximate surface area is 114 Å². The molecule has 1 aromatic carbocycles. The van der Waals surface area contributed by atoms with Crippen molar-refractivity contribution >= 4 is 0 Å². The Morgan fingerprint density at radius 2 is 1.58 bits per heavy atom. The van der Waals surface area contributed by atoms with Gasteiger partial charge in [0.15, 0.2) is 0 Å². The van der Waals surface area contributed by atoms with E-state index in [-0.39, 0.29) is 6.04 Å². The molecule has 0 saturated carbocycles. The van der Waals surface area contributed by atoms with Crippen LogP contribution in [0.2, 0.25) is 0 Å². The first kappa shape index (κ1) is 15.6. The number of methoxy groups -OCH3 is 4. The third kappa shape index (κ3) is 4.29. The lowest BCUT2D eigenvalue weighted by Crippen LogP contribution is -2.29. The first-order valence-electron chi connectivity index (χ1n) is 6.17. The van der Waals surface area contributed by atoms with Crippen LogP contribution in [0.5, 0.6) is 17.2 Å². The van der Waals surface area contributed by atoms with Crippen molar-refractivity contribution in [2.24, 2.45) is 0 Å². The van der Waals surface area contributed by atoms with Crippen molar-refractivity contribution in [2.45, 2.75) is 19.5 Å². The quantitative estimate of drug-likeness (QED) is 0.780. The third-order valence-corrected chi connectivity index (χ3v) is 2.86. The molecule has 0 amide bonds. The van der Waals surface area contributed by atoms with Crippen LogP contribution in [0.25, 0.3) is 0 Å². The molecule has 1 unspecified atom stereocenters. The van der Waals surface area contributed by atoms with Crippen LogP contribution in [-0.4, -0.2) is 41.1 Å². The highest BCUT2D eigenvalue weighted by Crippen LogP contribution is 2.33. The van der Waals surface area contributed by atoms with E-state index in [0.717, 1.165) is 17.1 Å². The van der Waals surface area contributed by atoms with Crippen molar-refractivity contribution in [3.63, 3.8) is 0 Å². The summed E-state index contributed by atoms with van der Waals surface area (Å²) in [5.74, 6) is 2.20. The van der Waals surface area contributed by atoms with Crippen molar-refractivity contribution in [1.82, 2.24) is 5.32 Å². The maximum absolute atomic E-state index is 5.39. The van der Waals surface area contributed by atoms with Crippen LogP contribution >= 0.6 is 0 Å². The Bertz CT molecular complexity index is 370. The maximum Gasteiger partial charge on any atom is 0.130 e. The van der Waals surface area contributed by atoms with E-state index in [1.807, 2.05) is 12.1 Å². The van der Waals surface area contributed by atoms with Gasteiger partial charge < -0.3 is 24.3 Å². The van der Waals surface area contributed by atoms with Crippen LogP contribution in [-0.2, 0) is 11.3 Å². The zero-order valence-electron chi connectivity index (χ0n) is 12.3. The van der Waals surface area contributed by atoms with Crippen LogP contribution in [0.1, 0.15) is 12.5 Å². The Morgan fingerprint density at radius 1 is 1.00 bits per heavy atom. The summed E-state index contributed by atoms with van der Waals surface area (Å²) in [6, 6.07) is 3.95. The van der Waals surface area contributed by atoms with E-state index in [2.05, 4.69) is 12.2 Å². The largest absolute Gasteiger partial charge is 0.496 e. The van der Waals surface area contributed by atoms with E-state index in [1.165, 1.54) is 0 Å². The maximum atomic E-state index is 5.39. The van der Waals surface area contributed by atoms with Gasteiger partial charge in [0.05, 0.1) is 33.5 Å². The minimum atomic E-state index is 0.251. The highest BCUT2D eigenvalue weighted by molar-refractivity contribution is 5.50. The molecule has 1 aromatic rings. The first-order valence-corrected chi connectivity index (χ1v) is 6.17. The van der Waals surface area contributed by atoms with Gasteiger partial charge in [-0.05, 0) is 6.92 Å². The summed E-state index contributed by atoms with van der Waals surface area (Å²) >= 11 is 0. The van der Waals surface area contributed by atoms with Gasteiger partial charge in [-0.2, -0.15) is 0 Å². The minimum Gasteiger partial charge on any atom is -0.496 e. The molecule has 0 aliphatic carbocycles. The molecule has 0 saturated heterocycles. The molecule has 0 heterocycles. The standard InChI is InChI=1S/C14H23NO4/c1-10(9-16-2)15-8-12-13(18-4)6-11(17-3)7-14(12)19-5/h6-7,10,15H,8-9H2,1-5H3. The molecule has 0 aliphatic heterocycles. The summed E-state index contributed by atoms with van der Waals surface area (Å²) in [5, 5.41) is 3.36. The topological polar surface area (TPSA) is 49.0 Å². The van der Waals surface area contributed by atoms with Gasteiger partial charge >= 0.3 is 0 Å². The smallest absolute Gasteiger partial charge is 0.130 e. The molecule has 1 atom stereocenters. The molecule has 19 heavy (non-hydrogen) atoms. The average Bonchev–Trinajstić information content (AvgIpc) is 2.44. The zero-order chi connectivity index (χ0) is 14.3. The summed E-state index contributed by atoms with van der Waals surface area (Å²) < 4.78 is 21.1. The summed E-state index contributed by atoms with van der Waals surface area (Å²) in [5.41, 5.74) is 0.966. The Morgan fingerprint density at radius 3 is 2.00 bits per heavy atom. The molecule has 0 spiro atoms. The van der Waals surface area contributed by atoms with Gasteiger partial charge in [0.2, 0.25) is 0 Å². The molecular weight excluding hydrogens is 246 g/mol. The lowest BCUT2D eigenvalue weighted by Gasteiger charge is -2.18. The lowest BCUT2D eigenvalue weighted by atomic mass is 10.1. The van der Waals surface area contributed by atoms with E-state index in [1.54, 1.807) is 28.4 Å². The van der Waals surface area contributed by atoms with Crippen LogP contribution in [0.4, 0.5) is 0 Å². The Balaban J connectivity index is 2.90. The van der Waals surface area contributed by atoms with Gasteiger partial charge in [0, 0.05) is 31.8 Å². The van der Waals surface area contributed by atoms with Crippen LogP contribution in [0, 0.1) is 0 Å². The molecule has 0 fully saturated rings. The van der Waals surface area contributed by atoms with Crippen molar-refractivity contribution in [3.05, 3.63) is 17.7 Å².